The van der Waals surface area contributed by atoms with Crippen molar-refractivity contribution in [1.29, 1.82) is 0 Å². The standard InChI is InChI=1S/C27H23N3O6S2/c1-16(25(31)29-18-11-13-21(14-12-18)38(28,35)36)37-20-8-4-7-19(15-20)30-26(32)22-9-2-5-17-6-3-10-23(24(17)22)27(33)34/h2-16H,1H3,(H,29,31)(H,30,32)(H,33,34)(H2,28,35,36). The molecule has 0 saturated heterocycles. The summed E-state index contributed by atoms with van der Waals surface area (Å²) in [6.45, 7) is 1.72. The van der Waals surface area contributed by atoms with Crippen LogP contribution in [0, 0.1) is 0 Å². The molecule has 0 fully saturated rings. The van der Waals surface area contributed by atoms with E-state index in [-0.39, 0.29) is 21.9 Å². The van der Waals surface area contributed by atoms with Gasteiger partial charge in [0.05, 0.1) is 15.7 Å². The van der Waals surface area contributed by atoms with Gasteiger partial charge in [-0.2, -0.15) is 0 Å². The lowest BCUT2D eigenvalue weighted by atomic mass is 9.98. The van der Waals surface area contributed by atoms with Gasteiger partial charge in [0.25, 0.3) is 5.91 Å². The molecule has 0 aliphatic carbocycles. The molecule has 0 spiro atoms. The molecule has 1 unspecified atom stereocenters. The Kier molecular flexibility index (Phi) is 7.81. The number of amides is 2. The maximum Gasteiger partial charge on any atom is 0.336 e. The van der Waals surface area contributed by atoms with Crippen LogP contribution in [0.5, 0.6) is 0 Å². The smallest absolute Gasteiger partial charge is 0.336 e. The number of hydrogen-bond donors (Lipinski definition) is 4. The molecule has 11 heteroatoms. The Hall–Kier alpha value is -4.19. The van der Waals surface area contributed by atoms with Gasteiger partial charge >= 0.3 is 5.97 Å². The van der Waals surface area contributed by atoms with E-state index in [1.165, 1.54) is 42.1 Å². The Balaban J connectivity index is 1.46. The van der Waals surface area contributed by atoms with Gasteiger partial charge in [0.15, 0.2) is 0 Å². The minimum atomic E-state index is -3.83. The van der Waals surface area contributed by atoms with Crippen LogP contribution in [0.15, 0.2) is 94.7 Å². The second-order valence-electron chi connectivity index (χ2n) is 8.32. The van der Waals surface area contributed by atoms with Gasteiger partial charge in [-0.15, -0.1) is 11.8 Å². The highest BCUT2D eigenvalue weighted by atomic mass is 32.2. The quantitative estimate of drug-likeness (QED) is 0.235. The number of nitrogens with one attached hydrogen (secondary N) is 2. The third-order valence-electron chi connectivity index (χ3n) is 5.60. The number of carbonyl (C=O) groups is 3. The van der Waals surface area contributed by atoms with Crippen molar-refractivity contribution in [3.8, 4) is 0 Å². The van der Waals surface area contributed by atoms with Gasteiger partial charge in [0.1, 0.15) is 0 Å². The van der Waals surface area contributed by atoms with E-state index in [2.05, 4.69) is 10.6 Å². The van der Waals surface area contributed by atoms with E-state index in [1.54, 1.807) is 61.5 Å². The van der Waals surface area contributed by atoms with Gasteiger partial charge in [0, 0.05) is 27.2 Å². The van der Waals surface area contributed by atoms with Crippen molar-refractivity contribution >= 4 is 61.7 Å². The van der Waals surface area contributed by atoms with Gasteiger partial charge in [-0.05, 0) is 66.9 Å². The fourth-order valence-electron chi connectivity index (χ4n) is 3.78. The molecular formula is C27H23N3O6S2. The molecule has 5 N–H and O–H groups in total. The highest BCUT2D eigenvalue weighted by Gasteiger charge is 2.18. The second-order valence-corrected chi connectivity index (χ2v) is 11.3. The first-order valence-corrected chi connectivity index (χ1v) is 13.7. The number of anilines is 2. The number of carbonyl (C=O) groups excluding carboxylic acids is 2. The van der Waals surface area contributed by atoms with E-state index in [0.717, 1.165) is 4.90 Å². The van der Waals surface area contributed by atoms with Gasteiger partial charge in [-0.25, -0.2) is 18.4 Å². The van der Waals surface area contributed by atoms with Crippen LogP contribution < -0.4 is 15.8 Å². The van der Waals surface area contributed by atoms with Crippen LogP contribution in [0.4, 0.5) is 11.4 Å². The predicted molar refractivity (Wildman–Crippen MR) is 147 cm³/mol. The fraction of sp³-hybridized carbons (Fsp3) is 0.0741. The van der Waals surface area contributed by atoms with Crippen LogP contribution in [-0.2, 0) is 14.8 Å². The molecule has 0 bridgehead atoms. The summed E-state index contributed by atoms with van der Waals surface area (Å²) in [5.41, 5.74) is 1.18. The number of nitrogens with two attached hydrogens (primary N) is 1. The lowest BCUT2D eigenvalue weighted by Gasteiger charge is -2.14. The van der Waals surface area contributed by atoms with E-state index in [9.17, 15) is 27.9 Å². The SMILES string of the molecule is CC(Sc1cccc(NC(=O)c2cccc3cccc(C(=O)O)c23)c1)C(=O)Nc1ccc(S(N)(=O)=O)cc1. The first kappa shape index (κ1) is 26.9. The number of benzene rings is 4. The molecule has 9 nitrogen and oxygen atoms in total. The lowest BCUT2D eigenvalue weighted by molar-refractivity contribution is -0.115. The Morgan fingerprint density at radius 3 is 2.11 bits per heavy atom. The largest absolute Gasteiger partial charge is 0.478 e. The highest BCUT2D eigenvalue weighted by molar-refractivity contribution is 8.00. The Morgan fingerprint density at radius 2 is 1.47 bits per heavy atom. The molecule has 1 atom stereocenters. The van der Waals surface area contributed by atoms with E-state index in [0.29, 0.717) is 22.1 Å². The van der Waals surface area contributed by atoms with Crippen molar-refractivity contribution < 1.29 is 27.9 Å². The van der Waals surface area contributed by atoms with E-state index in [4.69, 9.17) is 5.14 Å². The number of carboxylic acids is 1. The summed E-state index contributed by atoms with van der Waals surface area (Å²) in [5.74, 6) is -1.88. The van der Waals surface area contributed by atoms with Crippen molar-refractivity contribution in [3.05, 3.63) is 96.1 Å². The molecule has 0 aliphatic heterocycles. The van der Waals surface area contributed by atoms with Crippen LogP contribution in [-0.4, -0.2) is 36.6 Å². The average molecular weight is 550 g/mol. The van der Waals surface area contributed by atoms with Crippen molar-refractivity contribution in [3.63, 3.8) is 0 Å². The molecule has 194 valence electrons. The normalized spacial score (nSPS) is 12.1. The minimum absolute atomic E-state index is 0.0386. The summed E-state index contributed by atoms with van der Waals surface area (Å²) in [5, 5.41) is 20.7. The van der Waals surface area contributed by atoms with Gasteiger partial charge in [-0.1, -0.05) is 30.3 Å². The Bertz CT molecular complexity index is 1650. The zero-order valence-electron chi connectivity index (χ0n) is 20.0. The van der Waals surface area contributed by atoms with Gasteiger partial charge in [-0.3, -0.25) is 9.59 Å². The second kappa shape index (κ2) is 11.1. The van der Waals surface area contributed by atoms with E-state index in [1.807, 2.05) is 0 Å². The zero-order valence-corrected chi connectivity index (χ0v) is 21.7. The summed E-state index contributed by atoms with van der Waals surface area (Å²) in [7, 11) is -3.83. The maximum absolute atomic E-state index is 13.1. The lowest BCUT2D eigenvalue weighted by Crippen LogP contribution is -2.22. The Morgan fingerprint density at radius 1 is 0.842 bits per heavy atom. The fourth-order valence-corrected chi connectivity index (χ4v) is 5.23. The topological polar surface area (TPSA) is 156 Å². The van der Waals surface area contributed by atoms with E-state index < -0.39 is 27.1 Å². The number of primary sulfonamides is 1. The summed E-state index contributed by atoms with van der Waals surface area (Å²) >= 11 is 1.27. The van der Waals surface area contributed by atoms with Crippen LogP contribution in [0.2, 0.25) is 0 Å². The summed E-state index contributed by atoms with van der Waals surface area (Å²) in [6, 6.07) is 22.3. The van der Waals surface area contributed by atoms with Crippen LogP contribution >= 0.6 is 11.8 Å². The third-order valence-corrected chi connectivity index (χ3v) is 7.63. The summed E-state index contributed by atoms with van der Waals surface area (Å²) in [4.78, 5) is 38.2. The third kappa shape index (κ3) is 6.20. The molecule has 0 heterocycles. The highest BCUT2D eigenvalue weighted by Crippen LogP contribution is 2.28. The molecule has 0 aromatic heterocycles. The first-order valence-electron chi connectivity index (χ1n) is 11.3. The number of sulfonamides is 1. The molecule has 4 rings (SSSR count). The predicted octanol–water partition coefficient (Wildman–Crippen LogP) is 4.56. The number of aromatic carboxylic acids is 1. The van der Waals surface area contributed by atoms with Crippen molar-refractivity contribution in [2.75, 3.05) is 10.6 Å². The molecule has 2 amide bonds. The molecule has 4 aromatic carbocycles. The minimum Gasteiger partial charge on any atom is -0.478 e. The van der Waals surface area contributed by atoms with Gasteiger partial charge in [0.2, 0.25) is 15.9 Å². The van der Waals surface area contributed by atoms with Crippen molar-refractivity contribution in [2.24, 2.45) is 5.14 Å². The molecule has 0 aliphatic rings. The number of fused-ring (bicyclic) bond motifs is 1. The van der Waals surface area contributed by atoms with Crippen LogP contribution in [0.3, 0.4) is 0 Å². The molecule has 0 saturated carbocycles. The van der Waals surface area contributed by atoms with Crippen molar-refractivity contribution in [2.45, 2.75) is 22.0 Å². The average Bonchev–Trinajstić information content (AvgIpc) is 2.87. The van der Waals surface area contributed by atoms with Crippen LogP contribution in [0.1, 0.15) is 27.6 Å². The number of hydrogen-bond acceptors (Lipinski definition) is 6. The van der Waals surface area contributed by atoms with Crippen molar-refractivity contribution in [1.82, 2.24) is 0 Å². The van der Waals surface area contributed by atoms with Gasteiger partial charge < -0.3 is 15.7 Å². The zero-order chi connectivity index (χ0) is 27.4. The molecule has 0 radical (unpaired) electrons. The summed E-state index contributed by atoms with van der Waals surface area (Å²) < 4.78 is 22.8. The number of thioether (sulfide) groups is 1. The number of carboxylic acid groups (broad SMARTS) is 1. The number of rotatable bonds is 8. The maximum atomic E-state index is 13.1. The van der Waals surface area contributed by atoms with E-state index >= 15 is 0 Å². The first-order chi connectivity index (χ1) is 18.0. The molecule has 38 heavy (non-hydrogen) atoms. The molecule has 4 aromatic rings. The monoisotopic (exact) mass is 549 g/mol. The molecular weight excluding hydrogens is 526 g/mol. The Labute approximate surface area is 223 Å². The summed E-state index contributed by atoms with van der Waals surface area (Å²) in [6.07, 6.45) is 0. The van der Waals surface area contributed by atoms with Crippen LogP contribution in [0.25, 0.3) is 10.8 Å².